The van der Waals surface area contributed by atoms with Crippen LogP contribution in [0.1, 0.15) is 16.8 Å². The molecule has 0 amide bonds. The van der Waals surface area contributed by atoms with Gasteiger partial charge in [-0.15, -0.1) is 0 Å². The fraction of sp³-hybridized carbons (Fsp3) is 0.286. The zero-order chi connectivity index (χ0) is 14.2. The average molecular weight is 277 g/mol. The second-order valence-electron chi connectivity index (χ2n) is 4.66. The number of hydrogen-bond acceptors (Lipinski definition) is 4. The zero-order valence-corrected chi connectivity index (χ0v) is 12.3. The van der Waals surface area contributed by atoms with Gasteiger partial charge in [-0.3, -0.25) is 0 Å². The van der Waals surface area contributed by atoms with E-state index < -0.39 is 0 Å². The van der Waals surface area contributed by atoms with Gasteiger partial charge in [0.25, 0.3) is 0 Å². The SMILES string of the molecule is Cc1ccc(N(C)c2nc(Cl)nc(C)c2N)c(C)c1. The van der Waals surface area contributed by atoms with E-state index in [0.717, 1.165) is 11.3 Å². The van der Waals surface area contributed by atoms with Crippen molar-refractivity contribution >= 4 is 28.8 Å². The molecule has 0 spiro atoms. The number of benzene rings is 1. The lowest BCUT2D eigenvalue weighted by molar-refractivity contribution is 1.05. The van der Waals surface area contributed by atoms with E-state index in [2.05, 4.69) is 42.0 Å². The number of nitrogens with zero attached hydrogens (tertiary/aromatic N) is 3. The third-order valence-electron chi connectivity index (χ3n) is 3.12. The van der Waals surface area contributed by atoms with E-state index in [1.165, 1.54) is 5.56 Å². The van der Waals surface area contributed by atoms with Crippen molar-refractivity contribution in [3.8, 4) is 0 Å². The molecule has 0 aliphatic heterocycles. The molecule has 19 heavy (non-hydrogen) atoms. The number of nitrogens with two attached hydrogens (primary N) is 1. The number of aromatic nitrogens is 2. The van der Waals surface area contributed by atoms with Crippen molar-refractivity contribution in [3.05, 3.63) is 40.3 Å². The van der Waals surface area contributed by atoms with Crippen LogP contribution in [-0.2, 0) is 0 Å². The maximum Gasteiger partial charge on any atom is 0.224 e. The molecule has 0 aliphatic carbocycles. The number of rotatable bonds is 2. The van der Waals surface area contributed by atoms with Crippen LogP contribution in [0.2, 0.25) is 5.28 Å². The Morgan fingerprint density at radius 3 is 2.47 bits per heavy atom. The van der Waals surface area contributed by atoms with Crippen LogP contribution < -0.4 is 10.6 Å². The van der Waals surface area contributed by atoms with Crippen molar-refractivity contribution in [3.63, 3.8) is 0 Å². The van der Waals surface area contributed by atoms with E-state index >= 15 is 0 Å². The maximum absolute atomic E-state index is 6.04. The lowest BCUT2D eigenvalue weighted by Crippen LogP contribution is -2.16. The molecule has 2 aromatic rings. The molecule has 2 N–H and O–H groups in total. The highest BCUT2D eigenvalue weighted by molar-refractivity contribution is 6.28. The first kappa shape index (κ1) is 13.6. The first-order valence-corrected chi connectivity index (χ1v) is 6.38. The molecule has 100 valence electrons. The van der Waals surface area contributed by atoms with Crippen molar-refractivity contribution < 1.29 is 0 Å². The lowest BCUT2D eigenvalue weighted by Gasteiger charge is -2.22. The van der Waals surface area contributed by atoms with Crippen LogP contribution >= 0.6 is 11.6 Å². The second kappa shape index (κ2) is 5.05. The van der Waals surface area contributed by atoms with Gasteiger partial charge in [-0.1, -0.05) is 17.7 Å². The number of halogens is 1. The molecular weight excluding hydrogens is 260 g/mol. The summed E-state index contributed by atoms with van der Waals surface area (Å²) < 4.78 is 0. The van der Waals surface area contributed by atoms with Crippen LogP contribution in [0.25, 0.3) is 0 Å². The normalized spacial score (nSPS) is 10.6. The van der Waals surface area contributed by atoms with E-state index in [-0.39, 0.29) is 5.28 Å². The molecule has 1 heterocycles. The topological polar surface area (TPSA) is 55.0 Å². The highest BCUT2D eigenvalue weighted by atomic mass is 35.5. The van der Waals surface area contributed by atoms with Gasteiger partial charge in [0.15, 0.2) is 5.82 Å². The highest BCUT2D eigenvalue weighted by Crippen LogP contribution is 2.31. The summed E-state index contributed by atoms with van der Waals surface area (Å²) in [5, 5.41) is 0.207. The molecule has 1 aromatic carbocycles. The van der Waals surface area contributed by atoms with Crippen LogP contribution in [0.3, 0.4) is 0 Å². The molecule has 0 atom stereocenters. The summed E-state index contributed by atoms with van der Waals surface area (Å²) in [6.07, 6.45) is 0. The van der Waals surface area contributed by atoms with Crippen LogP contribution in [0.15, 0.2) is 18.2 Å². The van der Waals surface area contributed by atoms with Gasteiger partial charge in [-0.05, 0) is 44.0 Å². The first-order chi connectivity index (χ1) is 8.90. The summed E-state index contributed by atoms with van der Waals surface area (Å²) in [4.78, 5) is 10.2. The highest BCUT2D eigenvalue weighted by Gasteiger charge is 2.15. The Hall–Kier alpha value is -1.81. The van der Waals surface area contributed by atoms with Crippen molar-refractivity contribution in [1.82, 2.24) is 9.97 Å². The van der Waals surface area contributed by atoms with Crippen molar-refractivity contribution in [2.75, 3.05) is 17.7 Å². The molecule has 4 nitrogen and oxygen atoms in total. The van der Waals surface area contributed by atoms with Crippen LogP contribution in [0, 0.1) is 20.8 Å². The summed E-state index contributed by atoms with van der Waals surface area (Å²) in [6, 6.07) is 6.23. The minimum Gasteiger partial charge on any atom is -0.394 e. The van der Waals surface area contributed by atoms with E-state index in [1.54, 1.807) is 0 Å². The summed E-state index contributed by atoms with van der Waals surface area (Å²) in [7, 11) is 1.92. The lowest BCUT2D eigenvalue weighted by atomic mass is 10.1. The minimum atomic E-state index is 0.207. The molecule has 0 saturated heterocycles. The number of nitrogen functional groups attached to an aromatic ring is 1. The summed E-state index contributed by atoms with van der Waals surface area (Å²) in [6.45, 7) is 5.95. The molecule has 0 radical (unpaired) electrons. The van der Waals surface area contributed by atoms with Crippen LogP contribution in [-0.4, -0.2) is 17.0 Å². The predicted molar refractivity (Wildman–Crippen MR) is 80.2 cm³/mol. The van der Waals surface area contributed by atoms with E-state index in [1.807, 2.05) is 18.9 Å². The summed E-state index contributed by atoms with van der Waals surface area (Å²) in [5.74, 6) is 0.629. The van der Waals surface area contributed by atoms with Gasteiger partial charge in [-0.2, -0.15) is 4.98 Å². The molecule has 0 fully saturated rings. The zero-order valence-electron chi connectivity index (χ0n) is 11.5. The Bertz CT molecular complexity index is 625. The first-order valence-electron chi connectivity index (χ1n) is 6.00. The largest absolute Gasteiger partial charge is 0.394 e. The molecule has 0 unspecified atom stereocenters. The van der Waals surface area contributed by atoms with Gasteiger partial charge in [-0.25, -0.2) is 4.98 Å². The second-order valence-corrected chi connectivity index (χ2v) is 5.00. The third kappa shape index (κ3) is 2.63. The molecule has 0 saturated carbocycles. The minimum absolute atomic E-state index is 0.207. The van der Waals surface area contributed by atoms with Gasteiger partial charge in [0.1, 0.15) is 0 Å². The Morgan fingerprint density at radius 1 is 1.16 bits per heavy atom. The molecule has 0 bridgehead atoms. The van der Waals surface area contributed by atoms with E-state index in [4.69, 9.17) is 17.3 Å². The maximum atomic E-state index is 6.04. The van der Waals surface area contributed by atoms with Crippen molar-refractivity contribution in [2.45, 2.75) is 20.8 Å². The monoisotopic (exact) mass is 276 g/mol. The summed E-state index contributed by atoms with van der Waals surface area (Å²) in [5.41, 5.74) is 10.7. The van der Waals surface area contributed by atoms with Crippen LogP contribution in [0.4, 0.5) is 17.2 Å². The molecule has 1 aromatic heterocycles. The standard InChI is InChI=1S/C14H17ClN4/c1-8-5-6-11(9(2)7-8)19(4)13-12(16)10(3)17-14(15)18-13/h5-7H,16H2,1-4H3. The fourth-order valence-corrected chi connectivity index (χ4v) is 2.29. The van der Waals surface area contributed by atoms with Crippen LogP contribution in [0.5, 0.6) is 0 Å². The predicted octanol–water partition coefficient (Wildman–Crippen LogP) is 3.41. The van der Waals surface area contributed by atoms with Gasteiger partial charge in [0.2, 0.25) is 5.28 Å². The smallest absolute Gasteiger partial charge is 0.224 e. The molecule has 0 aliphatic rings. The summed E-state index contributed by atoms with van der Waals surface area (Å²) >= 11 is 5.91. The Morgan fingerprint density at radius 2 is 1.84 bits per heavy atom. The Kier molecular flexibility index (Phi) is 3.62. The van der Waals surface area contributed by atoms with Gasteiger partial charge < -0.3 is 10.6 Å². The fourth-order valence-electron chi connectivity index (χ4n) is 2.08. The van der Waals surface area contributed by atoms with Crippen molar-refractivity contribution in [1.29, 1.82) is 0 Å². The number of anilines is 3. The molecule has 5 heteroatoms. The van der Waals surface area contributed by atoms with E-state index in [0.29, 0.717) is 17.2 Å². The number of hydrogen-bond donors (Lipinski definition) is 1. The van der Waals surface area contributed by atoms with E-state index in [9.17, 15) is 0 Å². The Labute approximate surface area is 118 Å². The van der Waals surface area contributed by atoms with Crippen molar-refractivity contribution in [2.24, 2.45) is 0 Å². The molecular formula is C14H17ClN4. The van der Waals surface area contributed by atoms with Gasteiger partial charge in [0, 0.05) is 12.7 Å². The van der Waals surface area contributed by atoms with Gasteiger partial charge >= 0.3 is 0 Å². The Balaban J connectivity index is 2.52. The average Bonchev–Trinajstić information content (AvgIpc) is 2.33. The number of aryl methyl sites for hydroxylation is 3. The third-order valence-corrected chi connectivity index (χ3v) is 3.29. The quantitative estimate of drug-likeness (QED) is 0.854. The van der Waals surface area contributed by atoms with Gasteiger partial charge in [0.05, 0.1) is 11.4 Å². The molecule has 2 rings (SSSR count).